The van der Waals surface area contributed by atoms with E-state index in [1.54, 1.807) is 18.2 Å². The molecule has 0 amide bonds. The second kappa shape index (κ2) is 8.40. The molecule has 7 heteroatoms. The Morgan fingerprint density at radius 1 is 0.963 bits per heavy atom. The van der Waals surface area contributed by atoms with Crippen LogP contribution in [-0.4, -0.2) is 42.7 Å². The highest BCUT2D eigenvalue weighted by Crippen LogP contribution is 2.35. The predicted molar refractivity (Wildman–Crippen MR) is 102 cm³/mol. The van der Waals surface area contributed by atoms with Crippen LogP contribution in [0.25, 0.3) is 0 Å². The van der Waals surface area contributed by atoms with Crippen LogP contribution in [-0.2, 0) is 12.6 Å². The van der Waals surface area contributed by atoms with Crippen molar-refractivity contribution in [2.75, 3.05) is 37.6 Å². The molecular formula is C20H22ClF3N2O. The molecule has 1 fully saturated rings. The fraction of sp³-hybridized carbons (Fsp3) is 0.400. The van der Waals surface area contributed by atoms with Gasteiger partial charge in [-0.25, -0.2) is 0 Å². The highest BCUT2D eigenvalue weighted by molar-refractivity contribution is 6.31. The van der Waals surface area contributed by atoms with Gasteiger partial charge < -0.3 is 10.0 Å². The zero-order valence-electron chi connectivity index (χ0n) is 14.8. The van der Waals surface area contributed by atoms with Crippen molar-refractivity contribution >= 4 is 17.3 Å². The van der Waals surface area contributed by atoms with Gasteiger partial charge in [0.05, 0.1) is 10.6 Å². The molecular weight excluding hydrogens is 377 g/mol. The van der Waals surface area contributed by atoms with E-state index in [-0.39, 0.29) is 10.8 Å². The number of hydrogen-bond donors (Lipinski definition) is 1. The standard InChI is InChI=1S/C20H22ClF3N2O/c21-19-8-3-15(14-18(19)20(22,23)24)2-1-9-25-10-12-26(13-11-25)16-4-6-17(27)7-5-16/h3-8,14,27H,1-2,9-13H2. The molecule has 146 valence electrons. The van der Waals surface area contributed by atoms with Gasteiger partial charge >= 0.3 is 6.18 Å². The topological polar surface area (TPSA) is 26.7 Å². The summed E-state index contributed by atoms with van der Waals surface area (Å²) in [5.74, 6) is 0.258. The normalized spacial score (nSPS) is 15.9. The number of aromatic hydroxyl groups is 1. The highest BCUT2D eigenvalue weighted by Gasteiger charge is 2.33. The summed E-state index contributed by atoms with van der Waals surface area (Å²) in [6.07, 6.45) is -3.02. The van der Waals surface area contributed by atoms with Crippen LogP contribution in [0.5, 0.6) is 5.75 Å². The lowest BCUT2D eigenvalue weighted by Crippen LogP contribution is -2.46. The molecule has 0 radical (unpaired) electrons. The van der Waals surface area contributed by atoms with E-state index >= 15 is 0 Å². The SMILES string of the molecule is Oc1ccc(N2CCN(CCCc3ccc(Cl)c(C(F)(F)F)c3)CC2)cc1. The quantitative estimate of drug-likeness (QED) is 0.782. The van der Waals surface area contributed by atoms with E-state index in [4.69, 9.17) is 11.6 Å². The zero-order chi connectivity index (χ0) is 19.4. The van der Waals surface area contributed by atoms with Crippen LogP contribution in [0.2, 0.25) is 5.02 Å². The number of phenolic OH excluding ortho intramolecular Hbond substituents is 1. The van der Waals surface area contributed by atoms with E-state index in [9.17, 15) is 18.3 Å². The van der Waals surface area contributed by atoms with E-state index in [1.807, 2.05) is 12.1 Å². The first-order valence-corrected chi connectivity index (χ1v) is 9.33. The summed E-state index contributed by atoms with van der Waals surface area (Å²) in [7, 11) is 0. The molecule has 0 aliphatic carbocycles. The number of nitrogens with zero attached hydrogens (tertiary/aromatic N) is 2. The molecule has 2 aromatic rings. The first kappa shape index (κ1) is 19.8. The van der Waals surface area contributed by atoms with Crippen LogP contribution in [0.3, 0.4) is 0 Å². The van der Waals surface area contributed by atoms with Crippen LogP contribution < -0.4 is 4.90 Å². The van der Waals surface area contributed by atoms with Crippen molar-refractivity contribution in [1.82, 2.24) is 4.90 Å². The molecule has 0 aromatic heterocycles. The van der Waals surface area contributed by atoms with Crippen LogP contribution in [0, 0.1) is 0 Å². The molecule has 1 N–H and O–H groups in total. The minimum atomic E-state index is -4.42. The van der Waals surface area contributed by atoms with E-state index in [0.717, 1.165) is 50.9 Å². The summed E-state index contributed by atoms with van der Waals surface area (Å²) in [6, 6.07) is 11.3. The number of halogens is 4. The molecule has 27 heavy (non-hydrogen) atoms. The number of piperazine rings is 1. The van der Waals surface area contributed by atoms with Crippen molar-refractivity contribution < 1.29 is 18.3 Å². The fourth-order valence-corrected chi connectivity index (χ4v) is 3.57. The molecule has 0 bridgehead atoms. The highest BCUT2D eigenvalue weighted by atomic mass is 35.5. The van der Waals surface area contributed by atoms with Gasteiger partial charge in [0.15, 0.2) is 0 Å². The predicted octanol–water partition coefficient (Wildman–Crippen LogP) is 4.82. The fourth-order valence-electron chi connectivity index (χ4n) is 3.35. The molecule has 0 unspecified atom stereocenters. The van der Waals surface area contributed by atoms with Crippen molar-refractivity contribution in [2.24, 2.45) is 0 Å². The van der Waals surface area contributed by atoms with Gasteiger partial charge in [0.2, 0.25) is 0 Å². The van der Waals surface area contributed by atoms with Crippen LogP contribution in [0.1, 0.15) is 17.5 Å². The van der Waals surface area contributed by atoms with Crippen LogP contribution in [0.15, 0.2) is 42.5 Å². The lowest BCUT2D eigenvalue weighted by atomic mass is 10.1. The van der Waals surface area contributed by atoms with Crippen LogP contribution in [0.4, 0.5) is 18.9 Å². The maximum absolute atomic E-state index is 12.9. The average Bonchev–Trinajstić information content (AvgIpc) is 2.63. The first-order chi connectivity index (χ1) is 12.8. The average molecular weight is 399 g/mol. The third kappa shape index (κ3) is 5.30. The lowest BCUT2D eigenvalue weighted by molar-refractivity contribution is -0.137. The Kier molecular flexibility index (Phi) is 6.17. The summed E-state index contributed by atoms with van der Waals surface area (Å²) >= 11 is 5.66. The Balaban J connectivity index is 1.46. The minimum absolute atomic E-state index is 0.253. The van der Waals surface area contributed by atoms with E-state index < -0.39 is 11.7 Å². The third-order valence-electron chi connectivity index (χ3n) is 4.86. The molecule has 0 spiro atoms. The summed E-state index contributed by atoms with van der Waals surface area (Å²) in [6.45, 7) is 4.46. The van der Waals surface area contributed by atoms with Gasteiger partial charge in [0.1, 0.15) is 5.75 Å². The van der Waals surface area contributed by atoms with E-state index in [1.165, 1.54) is 6.07 Å². The number of benzene rings is 2. The summed E-state index contributed by atoms with van der Waals surface area (Å²) in [5, 5.41) is 9.12. The molecule has 1 heterocycles. The maximum Gasteiger partial charge on any atom is 0.417 e. The third-order valence-corrected chi connectivity index (χ3v) is 5.19. The molecule has 0 saturated carbocycles. The molecule has 2 aromatic carbocycles. The van der Waals surface area contributed by atoms with Gasteiger partial charge in [-0.05, 0) is 61.3 Å². The molecule has 3 nitrogen and oxygen atoms in total. The summed E-state index contributed by atoms with van der Waals surface area (Å²) < 4.78 is 38.8. The van der Waals surface area contributed by atoms with Gasteiger partial charge in [-0.3, -0.25) is 4.90 Å². The molecule has 3 rings (SSSR count). The zero-order valence-corrected chi connectivity index (χ0v) is 15.6. The number of hydrogen-bond acceptors (Lipinski definition) is 3. The smallest absolute Gasteiger partial charge is 0.417 e. The summed E-state index contributed by atoms with van der Waals surface area (Å²) in [5.41, 5.74) is 0.993. The first-order valence-electron chi connectivity index (χ1n) is 8.95. The van der Waals surface area contributed by atoms with E-state index in [0.29, 0.717) is 12.0 Å². The second-order valence-electron chi connectivity index (χ2n) is 6.76. The van der Waals surface area contributed by atoms with Crippen molar-refractivity contribution in [3.05, 3.63) is 58.6 Å². The minimum Gasteiger partial charge on any atom is -0.508 e. The Bertz CT molecular complexity index is 757. The van der Waals surface area contributed by atoms with Gasteiger partial charge in [0.25, 0.3) is 0 Å². The number of anilines is 1. The van der Waals surface area contributed by atoms with Crippen molar-refractivity contribution in [3.8, 4) is 5.75 Å². The van der Waals surface area contributed by atoms with Crippen molar-refractivity contribution in [2.45, 2.75) is 19.0 Å². The van der Waals surface area contributed by atoms with Crippen molar-refractivity contribution in [3.63, 3.8) is 0 Å². The van der Waals surface area contributed by atoms with Gasteiger partial charge in [-0.2, -0.15) is 13.2 Å². The Morgan fingerprint density at radius 3 is 2.26 bits per heavy atom. The summed E-state index contributed by atoms with van der Waals surface area (Å²) in [4.78, 5) is 4.60. The Labute approximate surface area is 162 Å². The Morgan fingerprint density at radius 2 is 1.63 bits per heavy atom. The van der Waals surface area contributed by atoms with Gasteiger partial charge in [0, 0.05) is 31.9 Å². The number of aryl methyl sites for hydroxylation is 1. The number of phenols is 1. The molecule has 1 saturated heterocycles. The number of rotatable bonds is 5. The van der Waals surface area contributed by atoms with E-state index in [2.05, 4.69) is 9.80 Å². The molecule has 0 atom stereocenters. The Hall–Kier alpha value is -1.92. The lowest BCUT2D eigenvalue weighted by Gasteiger charge is -2.36. The monoisotopic (exact) mass is 398 g/mol. The second-order valence-corrected chi connectivity index (χ2v) is 7.17. The molecule has 1 aliphatic heterocycles. The number of alkyl halides is 3. The van der Waals surface area contributed by atoms with Crippen molar-refractivity contribution in [1.29, 1.82) is 0 Å². The van der Waals surface area contributed by atoms with Gasteiger partial charge in [-0.15, -0.1) is 0 Å². The van der Waals surface area contributed by atoms with Gasteiger partial charge in [-0.1, -0.05) is 17.7 Å². The molecule has 1 aliphatic rings. The van der Waals surface area contributed by atoms with Crippen LogP contribution >= 0.6 is 11.6 Å². The maximum atomic E-state index is 12.9. The largest absolute Gasteiger partial charge is 0.508 e.